The number of aliphatic imine (C=N–C) groups is 2. The average Bonchev–Trinajstić information content (AvgIpc) is 3.40. The number of nitrogens with zero attached hydrogens (tertiary/aromatic N) is 2. The van der Waals surface area contributed by atoms with Crippen LogP contribution < -0.4 is 0 Å². The molecule has 0 heterocycles. The van der Waals surface area contributed by atoms with Crippen LogP contribution in [0.15, 0.2) is 58.5 Å². The summed E-state index contributed by atoms with van der Waals surface area (Å²) in [5, 5.41) is 0. The predicted molar refractivity (Wildman–Crippen MR) is 333 cm³/mol. The maximum absolute atomic E-state index is 5.24. The SMILES string of the molecule is CCCCCCCCCCCCCCCCCCCCCCCCCCc1cccc(/N=C(CCCC)\C(C)=N\c2cccc(CCCCCCCCCCCCCCCCCCCCCCCCCC)c2)c1.[Pd]. The van der Waals surface area contributed by atoms with Gasteiger partial charge in [0.15, 0.2) is 0 Å². The first-order chi connectivity index (χ1) is 36.2. The van der Waals surface area contributed by atoms with E-state index in [9.17, 15) is 0 Å². The molecule has 2 nitrogen and oxygen atoms in total. The van der Waals surface area contributed by atoms with E-state index in [0.717, 1.165) is 48.5 Å². The van der Waals surface area contributed by atoms with Crippen LogP contribution in [-0.4, -0.2) is 11.4 Å². The van der Waals surface area contributed by atoms with E-state index in [1.807, 2.05) is 0 Å². The summed E-state index contributed by atoms with van der Waals surface area (Å²) in [7, 11) is 0. The van der Waals surface area contributed by atoms with Crippen molar-refractivity contribution in [2.75, 3.05) is 0 Å². The van der Waals surface area contributed by atoms with Crippen LogP contribution in [0.4, 0.5) is 11.4 Å². The maximum atomic E-state index is 5.24. The fourth-order valence-electron chi connectivity index (χ4n) is 11.2. The Balaban J connectivity index is 0.0000274. The molecule has 2 aromatic rings. The summed E-state index contributed by atoms with van der Waals surface area (Å²) < 4.78 is 0. The Morgan fingerprint density at radius 3 is 0.770 bits per heavy atom. The molecule has 0 unspecified atom stereocenters. The van der Waals surface area contributed by atoms with Crippen molar-refractivity contribution in [2.24, 2.45) is 9.98 Å². The van der Waals surface area contributed by atoms with Crippen LogP contribution in [0.2, 0.25) is 0 Å². The Bertz CT molecular complexity index is 1510. The molecule has 0 saturated heterocycles. The average molecular weight is 1110 g/mol. The first-order valence-electron chi connectivity index (χ1n) is 33.5. The summed E-state index contributed by atoms with van der Waals surface area (Å²) in [5.41, 5.74) is 7.23. The van der Waals surface area contributed by atoms with Crippen LogP contribution in [0, 0.1) is 0 Å². The Kier molecular flexibility index (Phi) is 53.5. The first-order valence-corrected chi connectivity index (χ1v) is 33.5. The van der Waals surface area contributed by atoms with Crippen molar-refractivity contribution in [3.8, 4) is 0 Å². The Labute approximate surface area is 478 Å². The molecule has 3 heteroatoms. The maximum Gasteiger partial charge on any atom is 0.0636 e. The molecule has 0 fully saturated rings. The van der Waals surface area contributed by atoms with Crippen molar-refractivity contribution in [3.05, 3.63) is 59.7 Å². The van der Waals surface area contributed by atoms with E-state index in [2.05, 4.69) is 76.2 Å². The molecule has 0 bridgehead atoms. The van der Waals surface area contributed by atoms with Crippen LogP contribution in [0.5, 0.6) is 0 Å². The minimum atomic E-state index is 0. The number of rotatable bonds is 56. The van der Waals surface area contributed by atoms with Gasteiger partial charge >= 0.3 is 0 Å². The van der Waals surface area contributed by atoms with E-state index in [1.54, 1.807) is 0 Å². The molecule has 0 atom stereocenters. The molecule has 0 aliphatic rings. The zero-order chi connectivity index (χ0) is 52.0. The quantitative estimate of drug-likeness (QED) is 0.0358. The van der Waals surface area contributed by atoms with Crippen molar-refractivity contribution in [1.29, 1.82) is 0 Å². The molecule has 0 aliphatic carbocycles. The van der Waals surface area contributed by atoms with Gasteiger partial charge in [-0.2, -0.15) is 0 Å². The van der Waals surface area contributed by atoms with E-state index >= 15 is 0 Å². The number of unbranched alkanes of at least 4 members (excludes halogenated alkanes) is 47. The first kappa shape index (κ1) is 70.5. The number of hydrogen-bond acceptors (Lipinski definition) is 2. The van der Waals surface area contributed by atoms with Gasteiger partial charge in [-0.05, 0) is 80.8 Å². The second-order valence-corrected chi connectivity index (χ2v) is 23.5. The number of aryl methyl sites for hydroxylation is 2. The van der Waals surface area contributed by atoms with Crippen molar-refractivity contribution >= 4 is 22.8 Å². The Hall–Kier alpha value is -1.56. The largest absolute Gasteiger partial charge is 0.252 e. The van der Waals surface area contributed by atoms with Crippen molar-refractivity contribution in [2.45, 2.75) is 368 Å². The summed E-state index contributed by atoms with van der Waals surface area (Å²) in [5.74, 6) is 0. The molecular formula is C71H126N2Pd. The molecule has 74 heavy (non-hydrogen) atoms. The molecule has 0 aromatic heterocycles. The fraction of sp³-hybridized carbons (Fsp3) is 0.803. The van der Waals surface area contributed by atoms with Gasteiger partial charge in [0.1, 0.15) is 0 Å². The van der Waals surface area contributed by atoms with Gasteiger partial charge in [0.2, 0.25) is 0 Å². The van der Waals surface area contributed by atoms with Gasteiger partial charge in [-0.15, -0.1) is 0 Å². The van der Waals surface area contributed by atoms with E-state index < -0.39 is 0 Å². The molecule has 2 aromatic carbocycles. The van der Waals surface area contributed by atoms with Crippen LogP contribution in [-0.2, 0) is 33.3 Å². The standard InChI is InChI=1S/C71H126N2.Pd/c1-5-8-11-13-15-17-19-21-23-25-27-29-31-33-35-37-39-41-43-45-47-49-51-53-57-67-59-55-61-69(64-67)72-66(4)71(63-10-7-3)73-70-62-56-60-68(65-70)58-54-52-50-48-46-44-42-40-38-36-34-32-30-28-26-24-22-20-18-16-14-12-9-6-2;/h55-56,59-62,64-65H,5-54,57-58,63H2,1-4H3;/b72-66+,73-71-;. The van der Waals surface area contributed by atoms with Gasteiger partial charge in [0.05, 0.1) is 22.8 Å². The molecule has 0 aliphatic heterocycles. The van der Waals surface area contributed by atoms with Crippen LogP contribution in [0.1, 0.15) is 366 Å². The molecule has 430 valence electrons. The summed E-state index contributed by atoms with van der Waals surface area (Å²) in [6, 6.07) is 18.0. The predicted octanol–water partition coefficient (Wildman–Crippen LogP) is 25.6. The van der Waals surface area contributed by atoms with Crippen molar-refractivity contribution < 1.29 is 20.4 Å². The summed E-state index contributed by atoms with van der Waals surface area (Å²) in [6.45, 7) is 9.07. The van der Waals surface area contributed by atoms with Gasteiger partial charge in [0, 0.05) is 20.4 Å². The molecular weight excluding hydrogens is 987 g/mol. The Morgan fingerprint density at radius 2 is 0.514 bits per heavy atom. The molecule has 0 radical (unpaired) electrons. The third-order valence-corrected chi connectivity index (χ3v) is 16.2. The molecule has 0 amide bonds. The third-order valence-electron chi connectivity index (χ3n) is 16.2. The number of hydrogen-bond donors (Lipinski definition) is 0. The van der Waals surface area contributed by atoms with Crippen LogP contribution >= 0.6 is 0 Å². The minimum Gasteiger partial charge on any atom is -0.252 e. The van der Waals surface area contributed by atoms with Crippen molar-refractivity contribution in [1.82, 2.24) is 0 Å². The smallest absolute Gasteiger partial charge is 0.0636 e. The molecule has 2 rings (SSSR count). The van der Waals surface area contributed by atoms with Gasteiger partial charge in [0.25, 0.3) is 0 Å². The summed E-state index contributed by atoms with van der Waals surface area (Å²) in [6.07, 6.45) is 74.8. The van der Waals surface area contributed by atoms with Crippen LogP contribution in [0.3, 0.4) is 0 Å². The summed E-state index contributed by atoms with van der Waals surface area (Å²) >= 11 is 0. The second kappa shape index (κ2) is 56.2. The zero-order valence-corrected chi connectivity index (χ0v) is 51.9. The van der Waals surface area contributed by atoms with Gasteiger partial charge in [-0.3, -0.25) is 9.98 Å². The normalized spacial score (nSPS) is 12.0. The van der Waals surface area contributed by atoms with Gasteiger partial charge < -0.3 is 0 Å². The van der Waals surface area contributed by atoms with E-state index in [1.165, 1.54) is 326 Å². The van der Waals surface area contributed by atoms with Crippen molar-refractivity contribution in [3.63, 3.8) is 0 Å². The summed E-state index contributed by atoms with van der Waals surface area (Å²) in [4.78, 5) is 10.4. The fourth-order valence-corrected chi connectivity index (χ4v) is 11.2. The number of benzene rings is 2. The van der Waals surface area contributed by atoms with E-state index in [0.29, 0.717) is 0 Å². The topological polar surface area (TPSA) is 24.7 Å². The molecule has 0 N–H and O–H groups in total. The zero-order valence-electron chi connectivity index (χ0n) is 50.3. The molecule has 0 saturated carbocycles. The van der Waals surface area contributed by atoms with E-state index in [4.69, 9.17) is 9.98 Å². The monoisotopic (exact) mass is 1110 g/mol. The minimum absolute atomic E-state index is 0. The Morgan fingerprint density at radius 1 is 0.284 bits per heavy atom. The van der Waals surface area contributed by atoms with E-state index in [-0.39, 0.29) is 20.4 Å². The second-order valence-electron chi connectivity index (χ2n) is 23.5. The van der Waals surface area contributed by atoms with Crippen LogP contribution in [0.25, 0.3) is 0 Å². The molecule has 0 spiro atoms. The van der Waals surface area contributed by atoms with Gasteiger partial charge in [-0.25, -0.2) is 0 Å². The van der Waals surface area contributed by atoms with Gasteiger partial charge in [-0.1, -0.05) is 347 Å². The third kappa shape index (κ3) is 45.5.